The molecule has 1 saturated carbocycles. The molecule has 6 nitrogen and oxygen atoms in total. The second-order valence-corrected chi connectivity index (χ2v) is 6.03. The number of hydrogen-bond donors (Lipinski definition) is 1. The Morgan fingerprint density at radius 1 is 1.27 bits per heavy atom. The summed E-state index contributed by atoms with van der Waals surface area (Å²) in [4.78, 5) is 23.6. The average Bonchev–Trinajstić information content (AvgIpc) is 3.16. The Morgan fingerprint density at radius 2 is 2.09 bits per heavy atom. The van der Waals surface area contributed by atoms with Gasteiger partial charge in [-0.2, -0.15) is 8.75 Å². The van der Waals surface area contributed by atoms with E-state index in [0.29, 0.717) is 23.5 Å². The van der Waals surface area contributed by atoms with Crippen LogP contribution in [0.25, 0.3) is 11.0 Å². The van der Waals surface area contributed by atoms with E-state index < -0.39 is 0 Å². The Balaban J connectivity index is 1.50. The lowest BCUT2D eigenvalue weighted by Gasteiger charge is -2.09. The molecule has 2 aromatic rings. The van der Waals surface area contributed by atoms with Crippen LogP contribution >= 0.6 is 11.7 Å². The monoisotopic (exact) mass is 319 g/mol. The molecule has 3 rings (SSSR count). The molecule has 1 heterocycles. The first kappa shape index (κ1) is 14.9. The standard InChI is InChI=1S/C15H17N3O3S/c19-13(9-21-14(20)8-10-4-1-2-5-10)16-11-6-3-7-12-15(11)18-22-17-12/h3,6-7,10H,1-2,4-5,8-9H2,(H,16,19). The summed E-state index contributed by atoms with van der Waals surface area (Å²) in [5.41, 5.74) is 1.97. The number of nitrogens with zero attached hydrogens (tertiary/aromatic N) is 2. The number of aromatic nitrogens is 2. The molecular weight excluding hydrogens is 302 g/mol. The van der Waals surface area contributed by atoms with Crippen molar-refractivity contribution in [3.8, 4) is 0 Å². The largest absolute Gasteiger partial charge is 0.456 e. The summed E-state index contributed by atoms with van der Waals surface area (Å²) in [6, 6.07) is 5.38. The van der Waals surface area contributed by atoms with Crippen LogP contribution in [0.5, 0.6) is 0 Å². The van der Waals surface area contributed by atoms with E-state index in [4.69, 9.17) is 4.74 Å². The van der Waals surface area contributed by atoms with E-state index in [9.17, 15) is 9.59 Å². The molecule has 0 saturated heterocycles. The highest BCUT2D eigenvalue weighted by molar-refractivity contribution is 7.00. The summed E-state index contributed by atoms with van der Waals surface area (Å²) in [5, 5.41) is 2.71. The SMILES string of the molecule is O=C(COC(=O)CC1CCCC1)Nc1cccc2nsnc12. The third kappa shape index (κ3) is 3.59. The van der Waals surface area contributed by atoms with Gasteiger partial charge in [-0.25, -0.2) is 0 Å². The van der Waals surface area contributed by atoms with Gasteiger partial charge in [0.15, 0.2) is 6.61 Å². The fourth-order valence-electron chi connectivity index (χ4n) is 2.75. The Hall–Kier alpha value is -2.02. The van der Waals surface area contributed by atoms with Crippen molar-refractivity contribution in [2.75, 3.05) is 11.9 Å². The Kier molecular flexibility index (Phi) is 4.62. The Morgan fingerprint density at radius 3 is 2.91 bits per heavy atom. The van der Waals surface area contributed by atoms with Gasteiger partial charge in [-0.1, -0.05) is 18.9 Å². The van der Waals surface area contributed by atoms with Crippen LogP contribution in [-0.2, 0) is 14.3 Å². The van der Waals surface area contributed by atoms with Crippen molar-refractivity contribution in [2.24, 2.45) is 5.92 Å². The van der Waals surface area contributed by atoms with Crippen molar-refractivity contribution in [3.63, 3.8) is 0 Å². The molecule has 7 heteroatoms. The van der Waals surface area contributed by atoms with Gasteiger partial charge in [0, 0.05) is 6.42 Å². The minimum Gasteiger partial charge on any atom is -0.456 e. The van der Waals surface area contributed by atoms with E-state index in [0.717, 1.165) is 30.1 Å². The van der Waals surface area contributed by atoms with Crippen LogP contribution in [0.15, 0.2) is 18.2 Å². The number of benzene rings is 1. The average molecular weight is 319 g/mol. The second-order valence-electron chi connectivity index (χ2n) is 5.50. The summed E-state index contributed by atoms with van der Waals surface area (Å²) >= 11 is 1.09. The zero-order valence-electron chi connectivity index (χ0n) is 12.1. The zero-order chi connectivity index (χ0) is 15.4. The van der Waals surface area contributed by atoms with Crippen molar-refractivity contribution in [1.82, 2.24) is 8.75 Å². The maximum absolute atomic E-state index is 11.9. The van der Waals surface area contributed by atoms with Gasteiger partial charge in [-0.3, -0.25) is 9.59 Å². The molecule has 0 spiro atoms. The summed E-state index contributed by atoms with van der Waals surface area (Å²) in [6.45, 7) is -0.264. The van der Waals surface area contributed by atoms with Crippen LogP contribution < -0.4 is 5.32 Å². The van der Waals surface area contributed by atoms with Gasteiger partial charge in [-0.05, 0) is 30.9 Å². The number of hydrogen-bond acceptors (Lipinski definition) is 6. The number of nitrogens with one attached hydrogen (secondary N) is 1. The van der Waals surface area contributed by atoms with E-state index >= 15 is 0 Å². The van der Waals surface area contributed by atoms with Crippen molar-refractivity contribution in [1.29, 1.82) is 0 Å². The summed E-state index contributed by atoms with van der Waals surface area (Å²) in [5.74, 6) is -0.235. The highest BCUT2D eigenvalue weighted by atomic mass is 32.1. The molecule has 1 fully saturated rings. The quantitative estimate of drug-likeness (QED) is 0.857. The fourth-order valence-corrected chi connectivity index (χ4v) is 3.30. The minimum atomic E-state index is -0.361. The van der Waals surface area contributed by atoms with Crippen LogP contribution in [0.2, 0.25) is 0 Å². The zero-order valence-corrected chi connectivity index (χ0v) is 12.9. The maximum atomic E-state index is 11.9. The normalized spacial score (nSPS) is 15.1. The van der Waals surface area contributed by atoms with Crippen molar-refractivity contribution in [3.05, 3.63) is 18.2 Å². The fraction of sp³-hybridized carbons (Fsp3) is 0.467. The topological polar surface area (TPSA) is 81.2 Å². The molecule has 1 N–H and O–H groups in total. The van der Waals surface area contributed by atoms with Crippen molar-refractivity contribution in [2.45, 2.75) is 32.1 Å². The lowest BCUT2D eigenvalue weighted by atomic mass is 10.1. The summed E-state index contributed by atoms with van der Waals surface area (Å²) in [7, 11) is 0. The molecule has 1 aromatic carbocycles. The molecule has 0 atom stereocenters. The Labute approximate surface area is 132 Å². The van der Waals surface area contributed by atoms with Gasteiger partial charge < -0.3 is 10.1 Å². The predicted octanol–water partition coefficient (Wildman–Crippen LogP) is 2.75. The molecule has 116 valence electrons. The molecule has 1 aromatic heterocycles. The smallest absolute Gasteiger partial charge is 0.306 e. The molecule has 22 heavy (non-hydrogen) atoms. The highest BCUT2D eigenvalue weighted by Crippen LogP contribution is 2.27. The van der Waals surface area contributed by atoms with E-state index in [1.165, 1.54) is 12.8 Å². The first-order valence-electron chi connectivity index (χ1n) is 7.39. The third-order valence-electron chi connectivity index (χ3n) is 3.85. The van der Waals surface area contributed by atoms with Crippen LogP contribution in [0.3, 0.4) is 0 Å². The van der Waals surface area contributed by atoms with Crippen LogP contribution in [0, 0.1) is 5.92 Å². The van der Waals surface area contributed by atoms with Gasteiger partial charge >= 0.3 is 5.97 Å². The molecule has 1 aliphatic rings. The molecule has 1 amide bonds. The number of esters is 1. The number of fused-ring (bicyclic) bond motifs is 1. The molecule has 1 aliphatic carbocycles. The predicted molar refractivity (Wildman–Crippen MR) is 83.6 cm³/mol. The second kappa shape index (κ2) is 6.83. The maximum Gasteiger partial charge on any atom is 0.306 e. The molecule has 0 bridgehead atoms. The van der Waals surface area contributed by atoms with Crippen molar-refractivity contribution < 1.29 is 14.3 Å². The van der Waals surface area contributed by atoms with E-state index in [1.807, 2.05) is 6.07 Å². The highest BCUT2D eigenvalue weighted by Gasteiger charge is 2.20. The molecule has 0 aliphatic heterocycles. The number of anilines is 1. The minimum absolute atomic E-state index is 0.264. The van der Waals surface area contributed by atoms with E-state index in [-0.39, 0.29) is 18.5 Å². The van der Waals surface area contributed by atoms with Gasteiger partial charge in [-0.15, -0.1) is 0 Å². The van der Waals surface area contributed by atoms with Gasteiger partial charge in [0.25, 0.3) is 5.91 Å². The summed E-state index contributed by atoms with van der Waals surface area (Å²) < 4.78 is 13.3. The number of amides is 1. The van der Waals surface area contributed by atoms with Gasteiger partial charge in [0.05, 0.1) is 17.4 Å². The first-order chi connectivity index (χ1) is 10.7. The third-order valence-corrected chi connectivity index (χ3v) is 4.40. The van der Waals surface area contributed by atoms with Gasteiger partial charge in [0.2, 0.25) is 0 Å². The number of carbonyl (C=O) groups is 2. The lowest BCUT2D eigenvalue weighted by molar-refractivity contribution is -0.148. The van der Waals surface area contributed by atoms with Crippen LogP contribution in [0.4, 0.5) is 5.69 Å². The first-order valence-corrected chi connectivity index (χ1v) is 8.12. The summed E-state index contributed by atoms with van der Waals surface area (Å²) in [6.07, 6.45) is 4.95. The number of ether oxygens (including phenoxy) is 1. The molecule has 0 radical (unpaired) electrons. The van der Waals surface area contributed by atoms with Crippen LogP contribution in [-0.4, -0.2) is 27.2 Å². The number of rotatable bonds is 5. The molecule has 0 unspecified atom stereocenters. The van der Waals surface area contributed by atoms with E-state index in [2.05, 4.69) is 14.1 Å². The van der Waals surface area contributed by atoms with Crippen LogP contribution in [0.1, 0.15) is 32.1 Å². The molecular formula is C15H17N3O3S. The van der Waals surface area contributed by atoms with E-state index in [1.54, 1.807) is 12.1 Å². The lowest BCUT2D eigenvalue weighted by Crippen LogP contribution is -2.21. The van der Waals surface area contributed by atoms with Crippen molar-refractivity contribution >= 4 is 40.3 Å². The number of carbonyl (C=O) groups excluding carboxylic acids is 2. The van der Waals surface area contributed by atoms with Gasteiger partial charge in [0.1, 0.15) is 11.0 Å². The Bertz CT molecular complexity index is 679.